The first kappa shape index (κ1) is 23.1. The summed E-state index contributed by atoms with van der Waals surface area (Å²) in [5, 5.41) is 8.14. The van der Waals surface area contributed by atoms with Gasteiger partial charge in [-0.15, -0.1) is 0 Å². The SMILES string of the molecule is CCCc1nn(C)c2c(Nc3ccccc3)nc(/C=C/c3cc(OC)c(OC)c(OC)c3)nc12. The predicted octanol–water partition coefficient (Wildman–Crippen LogP) is 5.26. The molecule has 2 aromatic heterocycles. The van der Waals surface area contributed by atoms with E-state index in [1.165, 1.54) is 0 Å². The second-order valence-electron chi connectivity index (χ2n) is 7.73. The van der Waals surface area contributed by atoms with Crippen molar-refractivity contribution in [3.63, 3.8) is 0 Å². The number of nitrogens with zero attached hydrogens (tertiary/aromatic N) is 4. The maximum atomic E-state index is 5.47. The number of hydrogen-bond donors (Lipinski definition) is 1. The number of aryl methyl sites for hydroxylation is 2. The van der Waals surface area contributed by atoms with E-state index in [4.69, 9.17) is 29.3 Å². The molecule has 8 heteroatoms. The van der Waals surface area contributed by atoms with Crippen molar-refractivity contribution in [2.24, 2.45) is 7.05 Å². The number of anilines is 2. The second-order valence-corrected chi connectivity index (χ2v) is 7.73. The number of para-hydroxylation sites is 1. The number of fused-ring (bicyclic) bond motifs is 1. The Kier molecular flexibility index (Phi) is 6.96. The van der Waals surface area contributed by atoms with Gasteiger partial charge in [0.25, 0.3) is 0 Å². The molecule has 0 unspecified atom stereocenters. The molecule has 0 aliphatic heterocycles. The standard InChI is InChI=1S/C26H29N5O3/c1-6-10-19-23-24(31(2)30-19)26(27-18-11-8-7-9-12-18)29-22(28-23)14-13-17-15-20(32-3)25(34-5)21(16-17)33-4/h7-9,11-16H,6,10H2,1-5H3,(H,27,28,29)/b14-13+. The van der Waals surface area contributed by atoms with Gasteiger partial charge < -0.3 is 19.5 Å². The van der Waals surface area contributed by atoms with Gasteiger partial charge in [-0.3, -0.25) is 4.68 Å². The number of methoxy groups -OCH3 is 3. The molecule has 1 N–H and O–H groups in total. The minimum atomic E-state index is 0.550. The molecule has 0 bridgehead atoms. The van der Waals surface area contributed by atoms with E-state index >= 15 is 0 Å². The highest BCUT2D eigenvalue weighted by Crippen LogP contribution is 2.38. The Morgan fingerprint density at radius 2 is 1.65 bits per heavy atom. The van der Waals surface area contributed by atoms with E-state index in [1.54, 1.807) is 21.3 Å². The average molecular weight is 460 g/mol. The summed E-state index contributed by atoms with van der Waals surface area (Å²) in [6.45, 7) is 2.14. The molecule has 0 aliphatic carbocycles. The second kappa shape index (κ2) is 10.2. The Balaban J connectivity index is 1.79. The number of benzene rings is 2. The fourth-order valence-corrected chi connectivity index (χ4v) is 3.85. The van der Waals surface area contributed by atoms with Crippen molar-refractivity contribution in [2.45, 2.75) is 19.8 Å². The Morgan fingerprint density at radius 1 is 0.941 bits per heavy atom. The Labute approximate surface area is 199 Å². The number of aromatic nitrogens is 4. The average Bonchev–Trinajstić information content (AvgIpc) is 3.18. The zero-order chi connectivity index (χ0) is 24.1. The Morgan fingerprint density at radius 3 is 2.26 bits per heavy atom. The van der Waals surface area contributed by atoms with Crippen molar-refractivity contribution < 1.29 is 14.2 Å². The topological polar surface area (TPSA) is 83.3 Å². The molecule has 4 aromatic rings. The van der Waals surface area contributed by atoms with Crippen LogP contribution in [0.5, 0.6) is 17.2 Å². The molecule has 4 rings (SSSR count). The summed E-state index contributed by atoms with van der Waals surface area (Å²) in [5.74, 6) is 3.00. The summed E-state index contributed by atoms with van der Waals surface area (Å²) in [6.07, 6.45) is 5.62. The predicted molar refractivity (Wildman–Crippen MR) is 135 cm³/mol. The summed E-state index contributed by atoms with van der Waals surface area (Å²) >= 11 is 0. The lowest BCUT2D eigenvalue weighted by Gasteiger charge is -2.12. The monoisotopic (exact) mass is 459 g/mol. The van der Waals surface area contributed by atoms with Crippen molar-refractivity contribution in [1.82, 2.24) is 19.7 Å². The first-order chi connectivity index (χ1) is 16.6. The third kappa shape index (κ3) is 4.66. The summed E-state index contributed by atoms with van der Waals surface area (Å²) in [5.41, 5.74) is 4.50. The molecule has 0 radical (unpaired) electrons. The third-order valence-electron chi connectivity index (χ3n) is 5.40. The molecule has 8 nitrogen and oxygen atoms in total. The van der Waals surface area contributed by atoms with Gasteiger partial charge in [0.2, 0.25) is 5.75 Å². The fraction of sp³-hybridized carbons (Fsp3) is 0.269. The highest BCUT2D eigenvalue weighted by molar-refractivity contribution is 5.90. The quantitative estimate of drug-likeness (QED) is 0.366. The summed E-state index contributed by atoms with van der Waals surface area (Å²) in [7, 11) is 6.70. The van der Waals surface area contributed by atoms with E-state index in [9.17, 15) is 0 Å². The summed E-state index contributed by atoms with van der Waals surface area (Å²) in [4.78, 5) is 9.65. The molecule has 0 saturated heterocycles. The van der Waals surface area contributed by atoms with E-state index in [0.29, 0.717) is 28.9 Å². The Bertz CT molecular complexity index is 1290. The third-order valence-corrected chi connectivity index (χ3v) is 5.40. The summed E-state index contributed by atoms with van der Waals surface area (Å²) in [6, 6.07) is 13.7. The van der Waals surface area contributed by atoms with Crippen LogP contribution < -0.4 is 19.5 Å². The number of nitrogens with one attached hydrogen (secondary N) is 1. The largest absolute Gasteiger partial charge is 0.493 e. The Hall–Kier alpha value is -4.07. The van der Waals surface area contributed by atoms with Gasteiger partial charge in [-0.1, -0.05) is 37.6 Å². The van der Waals surface area contributed by atoms with Crippen LogP contribution in [0, 0.1) is 0 Å². The lowest BCUT2D eigenvalue weighted by atomic mass is 10.1. The van der Waals surface area contributed by atoms with E-state index in [-0.39, 0.29) is 0 Å². The van der Waals surface area contributed by atoms with Gasteiger partial charge in [-0.25, -0.2) is 9.97 Å². The van der Waals surface area contributed by atoms with Gasteiger partial charge in [0.1, 0.15) is 11.0 Å². The molecule has 176 valence electrons. The maximum Gasteiger partial charge on any atom is 0.203 e. The normalized spacial score (nSPS) is 11.2. The van der Waals surface area contributed by atoms with Crippen LogP contribution in [0.3, 0.4) is 0 Å². The van der Waals surface area contributed by atoms with Crippen LogP contribution in [0.15, 0.2) is 42.5 Å². The molecule has 0 amide bonds. The van der Waals surface area contributed by atoms with Crippen molar-refractivity contribution in [3.8, 4) is 17.2 Å². The molecule has 0 spiro atoms. The van der Waals surface area contributed by atoms with Crippen LogP contribution in [0.1, 0.15) is 30.4 Å². The van der Waals surface area contributed by atoms with Crippen LogP contribution in [-0.4, -0.2) is 41.1 Å². The molecular weight excluding hydrogens is 430 g/mol. The van der Waals surface area contributed by atoms with Gasteiger partial charge in [0.05, 0.1) is 27.0 Å². The maximum absolute atomic E-state index is 5.47. The van der Waals surface area contributed by atoms with Gasteiger partial charge in [-0.2, -0.15) is 5.10 Å². The molecule has 0 saturated carbocycles. The van der Waals surface area contributed by atoms with Crippen molar-refractivity contribution in [1.29, 1.82) is 0 Å². The van der Waals surface area contributed by atoms with E-state index in [0.717, 1.165) is 40.8 Å². The van der Waals surface area contributed by atoms with Crippen molar-refractivity contribution in [2.75, 3.05) is 26.6 Å². The minimum absolute atomic E-state index is 0.550. The smallest absolute Gasteiger partial charge is 0.203 e. The van der Waals surface area contributed by atoms with Gasteiger partial charge >= 0.3 is 0 Å². The zero-order valence-corrected chi connectivity index (χ0v) is 20.1. The molecule has 0 atom stereocenters. The van der Waals surface area contributed by atoms with Crippen molar-refractivity contribution in [3.05, 3.63) is 59.5 Å². The van der Waals surface area contributed by atoms with Crippen LogP contribution in [-0.2, 0) is 13.5 Å². The number of ether oxygens (including phenoxy) is 3. The lowest BCUT2D eigenvalue weighted by molar-refractivity contribution is 0.324. The number of rotatable bonds is 9. The first-order valence-electron chi connectivity index (χ1n) is 11.1. The molecule has 0 aliphatic rings. The zero-order valence-electron chi connectivity index (χ0n) is 20.1. The van der Waals surface area contributed by atoms with Gasteiger partial charge in [-0.05, 0) is 42.3 Å². The van der Waals surface area contributed by atoms with E-state index in [2.05, 4.69) is 12.2 Å². The van der Waals surface area contributed by atoms with Crippen LogP contribution in [0.25, 0.3) is 23.2 Å². The van der Waals surface area contributed by atoms with Crippen molar-refractivity contribution >= 4 is 34.7 Å². The summed E-state index contributed by atoms with van der Waals surface area (Å²) < 4.78 is 18.2. The van der Waals surface area contributed by atoms with Crippen LogP contribution in [0.2, 0.25) is 0 Å². The fourth-order valence-electron chi connectivity index (χ4n) is 3.85. The van der Waals surface area contributed by atoms with Gasteiger partial charge in [0, 0.05) is 12.7 Å². The molecule has 34 heavy (non-hydrogen) atoms. The van der Waals surface area contributed by atoms with Crippen LogP contribution in [0.4, 0.5) is 11.5 Å². The lowest BCUT2D eigenvalue weighted by Crippen LogP contribution is -2.01. The highest BCUT2D eigenvalue weighted by atomic mass is 16.5. The minimum Gasteiger partial charge on any atom is -0.493 e. The molecule has 2 heterocycles. The van der Waals surface area contributed by atoms with Gasteiger partial charge in [0.15, 0.2) is 23.1 Å². The first-order valence-corrected chi connectivity index (χ1v) is 11.1. The highest BCUT2D eigenvalue weighted by Gasteiger charge is 2.17. The number of hydrogen-bond acceptors (Lipinski definition) is 7. The molecule has 2 aromatic carbocycles. The van der Waals surface area contributed by atoms with E-state index < -0.39 is 0 Å². The van der Waals surface area contributed by atoms with E-state index in [1.807, 2.05) is 66.3 Å². The molecular formula is C26H29N5O3. The molecule has 0 fully saturated rings. The van der Waals surface area contributed by atoms with Crippen LogP contribution >= 0.6 is 0 Å².